The normalized spacial score (nSPS) is 11.6. The SMILES string of the molecule is CO[Si](OC)(OC)C(CCN)CCN.Cl. The van der Waals surface area contributed by atoms with Gasteiger partial charge in [-0.3, -0.25) is 0 Å². The molecule has 0 aliphatic heterocycles. The minimum absolute atomic E-state index is 0. The van der Waals surface area contributed by atoms with Crippen molar-refractivity contribution in [2.24, 2.45) is 11.5 Å². The summed E-state index contributed by atoms with van der Waals surface area (Å²) in [5.41, 5.74) is 11.3. The summed E-state index contributed by atoms with van der Waals surface area (Å²) in [5, 5.41) is 0. The highest BCUT2D eigenvalue weighted by Crippen LogP contribution is 2.29. The van der Waals surface area contributed by atoms with Gasteiger partial charge in [0.15, 0.2) is 0 Å². The van der Waals surface area contributed by atoms with Gasteiger partial charge in [-0.15, -0.1) is 12.4 Å². The summed E-state index contributed by atoms with van der Waals surface area (Å²) in [7, 11) is 2.28. The summed E-state index contributed by atoms with van der Waals surface area (Å²) in [6.07, 6.45) is 1.64. The zero-order valence-corrected chi connectivity index (χ0v) is 11.5. The number of nitrogens with two attached hydrogens (primary N) is 2. The molecule has 0 aromatic rings. The maximum Gasteiger partial charge on any atom is 0.503 e. The van der Waals surface area contributed by atoms with E-state index in [-0.39, 0.29) is 17.9 Å². The number of halogens is 1. The van der Waals surface area contributed by atoms with Gasteiger partial charge in [0, 0.05) is 26.9 Å². The van der Waals surface area contributed by atoms with Gasteiger partial charge < -0.3 is 24.7 Å². The maximum absolute atomic E-state index is 5.54. The lowest BCUT2D eigenvalue weighted by Gasteiger charge is -2.32. The zero-order chi connectivity index (χ0) is 11.0. The van der Waals surface area contributed by atoms with Crippen LogP contribution < -0.4 is 11.5 Å². The molecule has 0 rings (SSSR count). The van der Waals surface area contributed by atoms with Crippen molar-refractivity contribution in [1.82, 2.24) is 0 Å². The molecule has 0 saturated heterocycles. The Morgan fingerprint density at radius 2 is 1.27 bits per heavy atom. The molecule has 0 aromatic heterocycles. The third-order valence-corrected chi connectivity index (χ3v) is 5.67. The van der Waals surface area contributed by atoms with E-state index in [0.29, 0.717) is 13.1 Å². The molecule has 0 atom stereocenters. The molecule has 94 valence electrons. The summed E-state index contributed by atoms with van der Waals surface area (Å²) in [5.74, 6) is 0. The third-order valence-electron chi connectivity index (χ3n) is 2.38. The van der Waals surface area contributed by atoms with Crippen LogP contribution in [0.2, 0.25) is 5.54 Å². The van der Waals surface area contributed by atoms with E-state index in [1.807, 2.05) is 0 Å². The molecule has 0 aromatic carbocycles. The summed E-state index contributed by atoms with van der Waals surface area (Å²) in [4.78, 5) is 0. The fraction of sp³-hybridized carbons (Fsp3) is 1.00. The monoisotopic (exact) mass is 258 g/mol. The topological polar surface area (TPSA) is 79.7 Å². The Kier molecular flexibility index (Phi) is 11.2. The first-order chi connectivity index (χ1) is 6.70. The quantitative estimate of drug-likeness (QED) is 0.615. The average molecular weight is 259 g/mol. The van der Waals surface area contributed by atoms with Crippen molar-refractivity contribution in [2.45, 2.75) is 18.4 Å². The lowest BCUT2D eigenvalue weighted by Crippen LogP contribution is -2.48. The van der Waals surface area contributed by atoms with Crippen LogP contribution in [0.1, 0.15) is 12.8 Å². The molecule has 15 heavy (non-hydrogen) atoms. The largest absolute Gasteiger partial charge is 0.503 e. The molecule has 0 heterocycles. The summed E-state index contributed by atoms with van der Waals surface area (Å²) in [6.45, 7) is 1.19. The minimum atomic E-state index is -2.55. The molecule has 0 aliphatic carbocycles. The van der Waals surface area contributed by atoms with Crippen molar-refractivity contribution in [3.05, 3.63) is 0 Å². The molecule has 0 unspecified atom stereocenters. The first-order valence-electron chi connectivity index (χ1n) is 4.76. The van der Waals surface area contributed by atoms with Crippen molar-refractivity contribution in [3.8, 4) is 0 Å². The van der Waals surface area contributed by atoms with Gasteiger partial charge in [-0.1, -0.05) is 0 Å². The van der Waals surface area contributed by atoms with Gasteiger partial charge in [0.05, 0.1) is 0 Å². The molecule has 5 nitrogen and oxygen atoms in total. The molecule has 0 spiro atoms. The van der Waals surface area contributed by atoms with Gasteiger partial charge in [0.25, 0.3) is 0 Å². The van der Waals surface area contributed by atoms with Crippen molar-refractivity contribution in [3.63, 3.8) is 0 Å². The number of rotatable bonds is 8. The van der Waals surface area contributed by atoms with Crippen LogP contribution in [-0.2, 0) is 13.3 Å². The van der Waals surface area contributed by atoms with E-state index < -0.39 is 8.80 Å². The minimum Gasteiger partial charge on any atom is -0.377 e. The fourth-order valence-electron chi connectivity index (χ4n) is 1.65. The Bertz CT molecular complexity index is 136. The maximum atomic E-state index is 5.54. The Hall–Kier alpha value is 0.307. The van der Waals surface area contributed by atoms with E-state index in [0.717, 1.165) is 12.8 Å². The van der Waals surface area contributed by atoms with Crippen LogP contribution in [0, 0.1) is 0 Å². The van der Waals surface area contributed by atoms with Crippen molar-refractivity contribution in [2.75, 3.05) is 34.4 Å². The van der Waals surface area contributed by atoms with E-state index in [9.17, 15) is 0 Å². The van der Waals surface area contributed by atoms with Gasteiger partial charge in [-0.25, -0.2) is 0 Å². The molecule has 4 N–H and O–H groups in total. The molecule has 0 saturated carbocycles. The third kappa shape index (κ3) is 4.77. The van der Waals surface area contributed by atoms with Crippen molar-refractivity contribution >= 4 is 21.2 Å². The highest BCUT2D eigenvalue weighted by molar-refractivity contribution is 6.62. The first kappa shape index (κ1) is 17.7. The second-order valence-corrected chi connectivity index (χ2v) is 6.32. The molecule has 0 amide bonds. The number of hydrogen-bond acceptors (Lipinski definition) is 5. The zero-order valence-electron chi connectivity index (χ0n) is 9.69. The summed E-state index contributed by atoms with van der Waals surface area (Å²) in [6, 6.07) is 0. The number of hydrogen-bond donors (Lipinski definition) is 2. The van der Waals surface area contributed by atoms with E-state index in [1.54, 1.807) is 21.3 Å². The Labute approximate surface area is 99.2 Å². The van der Waals surface area contributed by atoms with Gasteiger partial charge in [-0.05, 0) is 25.9 Å². The van der Waals surface area contributed by atoms with E-state index >= 15 is 0 Å². The van der Waals surface area contributed by atoms with Crippen LogP contribution in [0.4, 0.5) is 0 Å². The summed E-state index contributed by atoms with van der Waals surface area (Å²) < 4.78 is 16.2. The predicted octanol–water partition coefficient (Wildman–Crippen LogP) is 0.354. The summed E-state index contributed by atoms with van der Waals surface area (Å²) >= 11 is 0. The van der Waals surface area contributed by atoms with Gasteiger partial charge in [0.2, 0.25) is 0 Å². The highest BCUT2D eigenvalue weighted by atomic mass is 35.5. The molecule has 0 radical (unpaired) electrons. The molecular weight excluding hydrogens is 236 g/mol. The van der Waals surface area contributed by atoms with E-state index in [4.69, 9.17) is 24.7 Å². The van der Waals surface area contributed by atoms with Gasteiger partial charge in [0.1, 0.15) is 0 Å². The van der Waals surface area contributed by atoms with Crippen molar-refractivity contribution in [1.29, 1.82) is 0 Å². The molecule has 7 heteroatoms. The predicted molar refractivity (Wildman–Crippen MR) is 65.1 cm³/mol. The lowest BCUT2D eigenvalue weighted by atomic mass is 10.2. The van der Waals surface area contributed by atoms with E-state index in [2.05, 4.69) is 0 Å². The standard InChI is InChI=1S/C8H22N2O3Si.ClH/c1-11-14(12-2,13-3)8(4-6-9)5-7-10;/h8H,4-7,9-10H2,1-3H3;1H. The Balaban J connectivity index is 0. The molecular formula is C8H23ClN2O3Si. The Morgan fingerprint density at radius 1 is 0.933 bits per heavy atom. The van der Waals surface area contributed by atoms with Gasteiger partial charge >= 0.3 is 8.80 Å². The van der Waals surface area contributed by atoms with E-state index in [1.165, 1.54) is 0 Å². The second-order valence-electron chi connectivity index (χ2n) is 3.07. The van der Waals surface area contributed by atoms with Crippen LogP contribution in [0.3, 0.4) is 0 Å². The second kappa shape index (κ2) is 9.53. The highest BCUT2D eigenvalue weighted by Gasteiger charge is 2.46. The molecule has 0 aliphatic rings. The van der Waals surface area contributed by atoms with Crippen molar-refractivity contribution < 1.29 is 13.3 Å². The lowest BCUT2D eigenvalue weighted by molar-refractivity contribution is 0.108. The van der Waals surface area contributed by atoms with Crippen LogP contribution in [0.25, 0.3) is 0 Å². The Morgan fingerprint density at radius 3 is 1.47 bits per heavy atom. The van der Waals surface area contributed by atoms with Crippen LogP contribution in [0.15, 0.2) is 0 Å². The smallest absolute Gasteiger partial charge is 0.377 e. The first-order valence-corrected chi connectivity index (χ1v) is 6.56. The van der Waals surface area contributed by atoms with Crippen LogP contribution in [-0.4, -0.2) is 43.2 Å². The fourth-order valence-corrected chi connectivity index (χ4v) is 4.19. The van der Waals surface area contributed by atoms with Gasteiger partial charge in [-0.2, -0.15) is 0 Å². The average Bonchev–Trinajstić information content (AvgIpc) is 2.22. The van der Waals surface area contributed by atoms with Crippen LogP contribution in [0.5, 0.6) is 0 Å². The van der Waals surface area contributed by atoms with Crippen LogP contribution >= 0.6 is 12.4 Å². The molecule has 0 fully saturated rings. The molecule has 0 bridgehead atoms.